The van der Waals surface area contributed by atoms with Gasteiger partial charge < -0.3 is 0 Å². The molecule has 2 aromatic rings. The maximum atomic E-state index is 4.30. The fraction of sp³-hybridized carbons (Fsp3) is 0.267. The van der Waals surface area contributed by atoms with Crippen molar-refractivity contribution < 1.29 is 0 Å². The lowest BCUT2D eigenvalue weighted by molar-refractivity contribution is 1.14. The van der Waals surface area contributed by atoms with Gasteiger partial charge in [-0.05, 0) is 24.1 Å². The monoisotopic (exact) mass is 213 g/mol. The lowest BCUT2D eigenvalue weighted by Gasteiger charge is -2.01. The number of hydrogen-bond donors (Lipinski definition) is 0. The van der Waals surface area contributed by atoms with Crippen LogP contribution in [0, 0.1) is 0 Å². The Morgan fingerprint density at radius 1 is 0.938 bits per heavy atom. The zero-order chi connectivity index (χ0) is 11.8. The zero-order valence-corrected chi connectivity index (χ0v) is 10.3. The lowest BCUT2D eigenvalue weighted by Crippen LogP contribution is -1.83. The molecule has 0 amide bonds. The molecule has 0 spiro atoms. The van der Waals surface area contributed by atoms with Crippen molar-refractivity contribution in [3.63, 3.8) is 0 Å². The third kappa shape index (κ3) is 3.20. The number of pyridine rings is 1. The number of rotatable bonds is 2. The van der Waals surface area contributed by atoms with Crippen molar-refractivity contribution in [2.45, 2.75) is 27.2 Å². The molecule has 0 unspecified atom stereocenters. The molecule has 0 atom stereocenters. The smallest absolute Gasteiger partial charge is 0.0701 e. The maximum Gasteiger partial charge on any atom is 0.0701 e. The van der Waals surface area contributed by atoms with E-state index in [1.54, 1.807) is 0 Å². The molecule has 1 aromatic carbocycles. The summed E-state index contributed by atoms with van der Waals surface area (Å²) in [5.41, 5.74) is 3.59. The summed E-state index contributed by atoms with van der Waals surface area (Å²) in [6.45, 7) is 6.16. The summed E-state index contributed by atoms with van der Waals surface area (Å²) in [6, 6.07) is 14.5. The Balaban J connectivity index is 0.000000606. The quantitative estimate of drug-likeness (QED) is 0.723. The van der Waals surface area contributed by atoms with Crippen LogP contribution in [0.2, 0.25) is 0 Å². The molecule has 0 aliphatic rings. The highest BCUT2D eigenvalue weighted by Gasteiger charge is 1.96. The van der Waals surface area contributed by atoms with Crippen LogP contribution in [0.15, 0.2) is 48.7 Å². The van der Waals surface area contributed by atoms with Gasteiger partial charge in [-0.15, -0.1) is 0 Å². The topological polar surface area (TPSA) is 12.9 Å². The van der Waals surface area contributed by atoms with E-state index in [0.717, 1.165) is 12.1 Å². The molecular formula is C15H19N. The summed E-state index contributed by atoms with van der Waals surface area (Å²) in [4.78, 5) is 4.30. The standard InChI is InChI=1S/C13H13N.C2H6/c1-2-11-6-8-12(9-7-11)13-5-3-4-10-14-13;1-2/h3-10H,2H2,1H3;1-2H3. The van der Waals surface area contributed by atoms with Crippen LogP contribution in [0.1, 0.15) is 26.3 Å². The third-order valence-electron chi connectivity index (χ3n) is 2.32. The van der Waals surface area contributed by atoms with Crippen molar-refractivity contribution in [3.05, 3.63) is 54.2 Å². The number of aromatic nitrogens is 1. The summed E-state index contributed by atoms with van der Waals surface area (Å²) in [7, 11) is 0. The van der Waals surface area contributed by atoms with Crippen LogP contribution in [-0.2, 0) is 6.42 Å². The minimum Gasteiger partial charge on any atom is -0.256 e. The van der Waals surface area contributed by atoms with Crippen molar-refractivity contribution in [3.8, 4) is 11.3 Å². The number of nitrogens with zero attached hydrogens (tertiary/aromatic N) is 1. The lowest BCUT2D eigenvalue weighted by atomic mass is 10.1. The molecule has 0 fully saturated rings. The van der Waals surface area contributed by atoms with E-state index in [-0.39, 0.29) is 0 Å². The van der Waals surface area contributed by atoms with Crippen LogP contribution in [0.5, 0.6) is 0 Å². The first kappa shape index (κ1) is 12.4. The van der Waals surface area contributed by atoms with Crippen molar-refractivity contribution in [1.29, 1.82) is 0 Å². The molecule has 1 nitrogen and oxygen atoms in total. The predicted octanol–water partition coefficient (Wildman–Crippen LogP) is 4.34. The molecule has 1 aromatic heterocycles. The van der Waals surface area contributed by atoms with Gasteiger partial charge in [0.2, 0.25) is 0 Å². The molecule has 0 saturated carbocycles. The number of aryl methyl sites for hydroxylation is 1. The van der Waals surface area contributed by atoms with Gasteiger partial charge in [0.25, 0.3) is 0 Å². The van der Waals surface area contributed by atoms with E-state index in [4.69, 9.17) is 0 Å². The van der Waals surface area contributed by atoms with E-state index < -0.39 is 0 Å². The largest absolute Gasteiger partial charge is 0.256 e. The Bertz CT molecular complexity index is 390. The van der Waals surface area contributed by atoms with Crippen molar-refractivity contribution >= 4 is 0 Å². The molecule has 0 saturated heterocycles. The second-order valence-electron chi connectivity index (χ2n) is 3.27. The number of hydrogen-bond acceptors (Lipinski definition) is 1. The second kappa shape index (κ2) is 6.78. The minimum atomic E-state index is 1.04. The Morgan fingerprint density at radius 3 is 2.12 bits per heavy atom. The van der Waals surface area contributed by atoms with Crippen LogP contribution >= 0.6 is 0 Å². The molecule has 16 heavy (non-hydrogen) atoms. The predicted molar refractivity (Wildman–Crippen MR) is 70.4 cm³/mol. The van der Waals surface area contributed by atoms with E-state index in [1.165, 1.54) is 11.1 Å². The molecule has 0 N–H and O–H groups in total. The molecular weight excluding hydrogens is 194 g/mol. The van der Waals surface area contributed by atoms with Crippen LogP contribution in [0.4, 0.5) is 0 Å². The van der Waals surface area contributed by atoms with Crippen molar-refractivity contribution in [2.75, 3.05) is 0 Å². The molecule has 2 rings (SSSR count). The Labute approximate surface area is 98.2 Å². The van der Waals surface area contributed by atoms with Gasteiger partial charge in [0, 0.05) is 11.8 Å². The summed E-state index contributed by atoms with van der Waals surface area (Å²) in [6.07, 6.45) is 2.91. The minimum absolute atomic E-state index is 1.04. The SMILES string of the molecule is CC.CCc1ccc(-c2ccccn2)cc1. The molecule has 0 radical (unpaired) electrons. The zero-order valence-electron chi connectivity index (χ0n) is 10.3. The van der Waals surface area contributed by atoms with E-state index >= 15 is 0 Å². The summed E-state index contributed by atoms with van der Waals surface area (Å²) >= 11 is 0. The molecule has 1 heterocycles. The van der Waals surface area contributed by atoms with Crippen LogP contribution in [0.3, 0.4) is 0 Å². The van der Waals surface area contributed by atoms with Crippen LogP contribution in [-0.4, -0.2) is 4.98 Å². The first-order chi connectivity index (χ1) is 7.90. The van der Waals surface area contributed by atoms with Gasteiger partial charge in [0.15, 0.2) is 0 Å². The number of benzene rings is 1. The average molecular weight is 213 g/mol. The van der Waals surface area contributed by atoms with Gasteiger partial charge >= 0.3 is 0 Å². The van der Waals surface area contributed by atoms with Gasteiger partial charge in [-0.1, -0.05) is 51.1 Å². The van der Waals surface area contributed by atoms with E-state index in [2.05, 4.69) is 36.2 Å². The average Bonchev–Trinajstić information content (AvgIpc) is 2.42. The van der Waals surface area contributed by atoms with Gasteiger partial charge in [-0.3, -0.25) is 4.98 Å². The summed E-state index contributed by atoms with van der Waals surface area (Å²) in [5.74, 6) is 0. The van der Waals surface area contributed by atoms with Gasteiger partial charge in [-0.25, -0.2) is 0 Å². The molecule has 0 aliphatic carbocycles. The van der Waals surface area contributed by atoms with Crippen molar-refractivity contribution in [1.82, 2.24) is 4.98 Å². The Morgan fingerprint density at radius 2 is 1.62 bits per heavy atom. The van der Waals surface area contributed by atoms with Gasteiger partial charge in [0.05, 0.1) is 5.69 Å². The van der Waals surface area contributed by atoms with Gasteiger partial charge in [-0.2, -0.15) is 0 Å². The maximum absolute atomic E-state index is 4.30. The third-order valence-corrected chi connectivity index (χ3v) is 2.32. The van der Waals surface area contributed by atoms with Crippen LogP contribution < -0.4 is 0 Å². The molecule has 0 aliphatic heterocycles. The highest BCUT2D eigenvalue weighted by Crippen LogP contribution is 2.16. The molecule has 0 bridgehead atoms. The van der Waals surface area contributed by atoms with E-state index in [0.29, 0.717) is 0 Å². The Hall–Kier alpha value is -1.63. The van der Waals surface area contributed by atoms with Gasteiger partial charge in [0.1, 0.15) is 0 Å². The van der Waals surface area contributed by atoms with E-state index in [9.17, 15) is 0 Å². The summed E-state index contributed by atoms with van der Waals surface area (Å²) < 4.78 is 0. The highest BCUT2D eigenvalue weighted by atomic mass is 14.7. The summed E-state index contributed by atoms with van der Waals surface area (Å²) in [5, 5.41) is 0. The fourth-order valence-corrected chi connectivity index (χ4v) is 1.44. The normalized spacial score (nSPS) is 9.19. The first-order valence-electron chi connectivity index (χ1n) is 5.90. The van der Waals surface area contributed by atoms with E-state index in [1.807, 2.05) is 38.2 Å². The Kier molecular flexibility index (Phi) is 5.27. The molecule has 84 valence electrons. The first-order valence-corrected chi connectivity index (χ1v) is 5.90. The second-order valence-corrected chi connectivity index (χ2v) is 3.27. The highest BCUT2D eigenvalue weighted by molar-refractivity contribution is 5.58. The van der Waals surface area contributed by atoms with Crippen LogP contribution in [0.25, 0.3) is 11.3 Å². The van der Waals surface area contributed by atoms with Crippen molar-refractivity contribution in [2.24, 2.45) is 0 Å². The fourth-order valence-electron chi connectivity index (χ4n) is 1.44. The molecule has 1 heteroatoms.